The van der Waals surface area contributed by atoms with Crippen molar-refractivity contribution >= 4 is 17.7 Å². The fraction of sp³-hybridized carbons (Fsp3) is 0.562. The minimum absolute atomic E-state index is 0.236. The molecule has 5 nitrogen and oxygen atoms in total. The van der Waals surface area contributed by atoms with Crippen LogP contribution in [0.3, 0.4) is 0 Å². The van der Waals surface area contributed by atoms with Gasteiger partial charge >= 0.3 is 6.09 Å². The highest BCUT2D eigenvalue weighted by Gasteiger charge is 2.26. The van der Waals surface area contributed by atoms with Gasteiger partial charge in [0.1, 0.15) is 5.82 Å². The molecule has 0 aromatic heterocycles. The molecule has 128 valence electrons. The standard InChI is InChI=1S/C16H22ClFN2O3/c1-22-16(21)20-5-6-23-15(11-3-2-4-19-10-11)12-7-13(17)9-14(18)8-12/h7-9,11,15,19H,2-6,10H2,1H3,(H,20,21)/t11-,15-/m1/s1. The van der Waals surface area contributed by atoms with Crippen LogP contribution in [0.1, 0.15) is 24.5 Å². The molecule has 1 amide bonds. The number of carbonyl (C=O) groups is 1. The lowest BCUT2D eigenvalue weighted by Gasteiger charge is -2.31. The maximum absolute atomic E-state index is 13.7. The second kappa shape index (κ2) is 9.05. The molecule has 1 aromatic carbocycles. The topological polar surface area (TPSA) is 59.6 Å². The Balaban J connectivity index is 2.03. The van der Waals surface area contributed by atoms with Gasteiger partial charge in [-0.1, -0.05) is 11.6 Å². The summed E-state index contributed by atoms with van der Waals surface area (Å²) in [4.78, 5) is 11.1. The summed E-state index contributed by atoms with van der Waals surface area (Å²) in [5.74, 6) is -0.141. The lowest BCUT2D eigenvalue weighted by molar-refractivity contribution is 0.00458. The summed E-state index contributed by atoms with van der Waals surface area (Å²) >= 11 is 5.97. The second-order valence-electron chi connectivity index (χ2n) is 5.52. The SMILES string of the molecule is COC(=O)NCCO[C@@H](c1cc(F)cc(Cl)c1)[C@@H]1CCCNC1. The summed E-state index contributed by atoms with van der Waals surface area (Å²) in [5, 5.41) is 6.25. The Morgan fingerprint density at radius 2 is 2.35 bits per heavy atom. The molecule has 1 aliphatic rings. The van der Waals surface area contributed by atoms with Crippen molar-refractivity contribution in [2.45, 2.75) is 18.9 Å². The number of ether oxygens (including phenoxy) is 2. The van der Waals surface area contributed by atoms with Crippen LogP contribution in [0.5, 0.6) is 0 Å². The molecule has 1 heterocycles. The van der Waals surface area contributed by atoms with E-state index in [1.165, 1.54) is 19.2 Å². The molecule has 2 atom stereocenters. The molecule has 0 bridgehead atoms. The number of hydrogen-bond acceptors (Lipinski definition) is 4. The first-order valence-corrected chi connectivity index (χ1v) is 8.08. The minimum Gasteiger partial charge on any atom is -0.453 e. The zero-order valence-corrected chi connectivity index (χ0v) is 13.9. The lowest BCUT2D eigenvalue weighted by Crippen LogP contribution is -2.35. The summed E-state index contributed by atoms with van der Waals surface area (Å²) < 4.78 is 24.1. The minimum atomic E-state index is -0.502. The smallest absolute Gasteiger partial charge is 0.406 e. The Kier molecular flexibility index (Phi) is 7.08. The number of amides is 1. The van der Waals surface area contributed by atoms with Crippen LogP contribution < -0.4 is 10.6 Å². The summed E-state index contributed by atoms with van der Waals surface area (Å²) in [6.45, 7) is 2.43. The molecule has 1 aliphatic heterocycles. The average molecular weight is 345 g/mol. The van der Waals surface area contributed by atoms with E-state index < -0.39 is 6.09 Å². The van der Waals surface area contributed by atoms with Crippen LogP contribution in [0.2, 0.25) is 5.02 Å². The number of halogens is 2. The molecule has 1 saturated heterocycles. The van der Waals surface area contributed by atoms with Crippen molar-refractivity contribution in [1.29, 1.82) is 0 Å². The van der Waals surface area contributed by atoms with Crippen molar-refractivity contribution < 1.29 is 18.7 Å². The van der Waals surface area contributed by atoms with Crippen LogP contribution in [-0.4, -0.2) is 39.4 Å². The van der Waals surface area contributed by atoms with Crippen LogP contribution in [0.4, 0.5) is 9.18 Å². The van der Waals surface area contributed by atoms with Crippen LogP contribution in [0.15, 0.2) is 18.2 Å². The van der Waals surface area contributed by atoms with Gasteiger partial charge < -0.3 is 20.1 Å². The highest BCUT2D eigenvalue weighted by Crippen LogP contribution is 2.32. The largest absolute Gasteiger partial charge is 0.453 e. The molecule has 1 aromatic rings. The number of alkyl carbamates (subject to hydrolysis) is 1. The number of hydrogen-bond donors (Lipinski definition) is 2. The van der Waals surface area contributed by atoms with Crippen molar-refractivity contribution in [3.05, 3.63) is 34.6 Å². The highest BCUT2D eigenvalue weighted by atomic mass is 35.5. The molecule has 23 heavy (non-hydrogen) atoms. The van der Waals surface area contributed by atoms with Gasteiger partial charge in [0.25, 0.3) is 0 Å². The third-order valence-electron chi connectivity index (χ3n) is 3.83. The van der Waals surface area contributed by atoms with E-state index in [0.29, 0.717) is 18.2 Å². The van der Waals surface area contributed by atoms with Crippen LogP contribution in [-0.2, 0) is 9.47 Å². The molecule has 7 heteroatoms. The van der Waals surface area contributed by atoms with Gasteiger partial charge in [-0.25, -0.2) is 9.18 Å². The number of piperidine rings is 1. The number of nitrogens with one attached hydrogen (secondary N) is 2. The predicted molar refractivity (Wildman–Crippen MR) is 86.1 cm³/mol. The van der Waals surface area contributed by atoms with Crippen LogP contribution in [0, 0.1) is 11.7 Å². The second-order valence-corrected chi connectivity index (χ2v) is 5.96. The molecule has 1 fully saturated rings. The van der Waals surface area contributed by atoms with Crippen molar-refractivity contribution in [2.75, 3.05) is 33.4 Å². The normalized spacial score (nSPS) is 19.2. The fourth-order valence-electron chi connectivity index (χ4n) is 2.79. The van der Waals surface area contributed by atoms with E-state index in [4.69, 9.17) is 16.3 Å². The first-order chi connectivity index (χ1) is 11.1. The van der Waals surface area contributed by atoms with Gasteiger partial charge in [-0.3, -0.25) is 0 Å². The van der Waals surface area contributed by atoms with Crippen molar-refractivity contribution in [2.24, 2.45) is 5.92 Å². The summed E-state index contributed by atoms with van der Waals surface area (Å²) in [5.41, 5.74) is 0.724. The first-order valence-electron chi connectivity index (χ1n) is 7.70. The maximum atomic E-state index is 13.7. The van der Waals surface area contributed by atoms with Crippen molar-refractivity contribution in [3.8, 4) is 0 Å². The van der Waals surface area contributed by atoms with Gasteiger partial charge in [-0.05, 0) is 43.1 Å². The van der Waals surface area contributed by atoms with Gasteiger partial charge in [0.05, 0.1) is 19.8 Å². The monoisotopic (exact) mass is 344 g/mol. The number of benzene rings is 1. The van der Waals surface area contributed by atoms with E-state index >= 15 is 0 Å². The summed E-state index contributed by atoms with van der Waals surface area (Å²) in [6.07, 6.45) is 1.28. The van der Waals surface area contributed by atoms with Gasteiger partial charge in [-0.2, -0.15) is 0 Å². The maximum Gasteiger partial charge on any atom is 0.406 e. The first kappa shape index (κ1) is 18.0. The molecule has 0 unspecified atom stereocenters. The fourth-order valence-corrected chi connectivity index (χ4v) is 3.02. The molecule has 0 radical (unpaired) electrons. The van der Waals surface area contributed by atoms with Crippen molar-refractivity contribution in [3.63, 3.8) is 0 Å². The number of rotatable bonds is 6. The third kappa shape index (κ3) is 5.64. The zero-order valence-electron chi connectivity index (χ0n) is 13.1. The van der Waals surface area contributed by atoms with Gasteiger partial charge in [-0.15, -0.1) is 0 Å². The van der Waals surface area contributed by atoms with Gasteiger partial charge in [0.2, 0.25) is 0 Å². The predicted octanol–water partition coefficient (Wildman–Crippen LogP) is 2.89. The quantitative estimate of drug-likeness (QED) is 0.779. The van der Waals surface area contributed by atoms with Gasteiger partial charge in [0, 0.05) is 24.0 Å². The Morgan fingerprint density at radius 3 is 3.00 bits per heavy atom. The van der Waals surface area contributed by atoms with E-state index in [1.807, 2.05) is 0 Å². The molecule has 0 saturated carbocycles. The summed E-state index contributed by atoms with van der Waals surface area (Å²) in [6, 6.07) is 4.47. The van der Waals surface area contributed by atoms with Crippen molar-refractivity contribution in [1.82, 2.24) is 10.6 Å². The van der Waals surface area contributed by atoms with E-state index in [0.717, 1.165) is 31.5 Å². The molecule has 2 N–H and O–H groups in total. The number of carbonyl (C=O) groups excluding carboxylic acids is 1. The van der Waals surface area contributed by atoms with E-state index in [9.17, 15) is 9.18 Å². The molecule has 0 aliphatic carbocycles. The zero-order chi connectivity index (χ0) is 16.7. The molecular weight excluding hydrogens is 323 g/mol. The van der Waals surface area contributed by atoms with Crippen LogP contribution >= 0.6 is 11.6 Å². The van der Waals surface area contributed by atoms with E-state index in [-0.39, 0.29) is 17.8 Å². The van der Waals surface area contributed by atoms with Crippen LogP contribution in [0.25, 0.3) is 0 Å². The molecular formula is C16H22ClFN2O3. The van der Waals surface area contributed by atoms with E-state index in [1.54, 1.807) is 6.07 Å². The Bertz CT molecular complexity index is 504. The Morgan fingerprint density at radius 1 is 1.52 bits per heavy atom. The Hall–Kier alpha value is -1.37. The Labute approximate surface area is 140 Å². The number of methoxy groups -OCH3 is 1. The molecule has 0 spiro atoms. The van der Waals surface area contributed by atoms with Gasteiger partial charge in [0.15, 0.2) is 0 Å². The third-order valence-corrected chi connectivity index (χ3v) is 4.05. The highest BCUT2D eigenvalue weighted by molar-refractivity contribution is 6.30. The van der Waals surface area contributed by atoms with E-state index in [2.05, 4.69) is 15.4 Å². The molecule has 2 rings (SSSR count). The lowest BCUT2D eigenvalue weighted by atomic mass is 9.89. The summed E-state index contributed by atoms with van der Waals surface area (Å²) in [7, 11) is 1.31. The average Bonchev–Trinajstić information content (AvgIpc) is 2.54.